The zero-order chi connectivity index (χ0) is 15.3. The highest BCUT2D eigenvalue weighted by molar-refractivity contribution is 5.69. The molecule has 8 heteroatoms. The third-order valence-corrected chi connectivity index (χ3v) is 3.03. The van der Waals surface area contributed by atoms with Crippen molar-refractivity contribution in [1.82, 2.24) is 9.97 Å². The normalized spacial score (nSPS) is 12.8. The van der Waals surface area contributed by atoms with Gasteiger partial charge in [0.1, 0.15) is 6.33 Å². The number of nitrogens with one attached hydrogen (secondary N) is 2. The van der Waals surface area contributed by atoms with Crippen LogP contribution in [0.2, 0.25) is 0 Å². The van der Waals surface area contributed by atoms with Crippen LogP contribution in [-0.2, 0) is 0 Å². The number of rotatable bonds is 7. The molecular formula is C12H21N5O3. The van der Waals surface area contributed by atoms with E-state index in [1.54, 1.807) is 20.8 Å². The maximum atomic E-state index is 11.2. The summed E-state index contributed by atoms with van der Waals surface area (Å²) in [7, 11) is 0. The van der Waals surface area contributed by atoms with Gasteiger partial charge in [0.15, 0.2) is 0 Å². The third kappa shape index (κ3) is 3.77. The Kier molecular flexibility index (Phi) is 5.20. The van der Waals surface area contributed by atoms with Gasteiger partial charge in [-0.25, -0.2) is 9.97 Å². The van der Waals surface area contributed by atoms with Crippen molar-refractivity contribution in [3.63, 3.8) is 0 Å². The Balaban J connectivity index is 3.16. The Morgan fingerprint density at radius 1 is 1.45 bits per heavy atom. The molecule has 0 aliphatic rings. The smallest absolute Gasteiger partial charge is 0.353 e. The topological polar surface area (TPSA) is 113 Å². The van der Waals surface area contributed by atoms with Gasteiger partial charge in [0.05, 0.1) is 16.6 Å². The molecule has 1 atom stereocenters. The SMILES string of the molecule is CCCNc1ncnc(NC(C)(C)C(C)O)c1[N+](=O)[O-]. The van der Waals surface area contributed by atoms with Gasteiger partial charge in [-0.15, -0.1) is 0 Å². The van der Waals surface area contributed by atoms with E-state index in [1.807, 2.05) is 6.92 Å². The van der Waals surface area contributed by atoms with Gasteiger partial charge in [0.25, 0.3) is 0 Å². The van der Waals surface area contributed by atoms with Crippen LogP contribution >= 0.6 is 0 Å². The van der Waals surface area contributed by atoms with Crippen LogP contribution in [0.5, 0.6) is 0 Å². The fraction of sp³-hybridized carbons (Fsp3) is 0.667. The molecule has 1 aromatic rings. The Hall–Kier alpha value is -1.96. The Bertz CT molecular complexity index is 476. The van der Waals surface area contributed by atoms with Gasteiger partial charge in [-0.2, -0.15) is 0 Å². The Morgan fingerprint density at radius 3 is 2.55 bits per heavy atom. The number of hydrogen-bond donors (Lipinski definition) is 3. The average molecular weight is 283 g/mol. The molecule has 112 valence electrons. The van der Waals surface area contributed by atoms with E-state index in [0.29, 0.717) is 6.54 Å². The predicted molar refractivity (Wildman–Crippen MR) is 76.8 cm³/mol. The summed E-state index contributed by atoms with van der Waals surface area (Å²) in [6.07, 6.45) is 1.37. The molecule has 0 saturated carbocycles. The van der Waals surface area contributed by atoms with Crippen molar-refractivity contribution in [1.29, 1.82) is 0 Å². The number of anilines is 2. The van der Waals surface area contributed by atoms with E-state index < -0.39 is 16.6 Å². The van der Waals surface area contributed by atoms with Crippen LogP contribution in [0.4, 0.5) is 17.3 Å². The molecule has 0 amide bonds. The molecule has 0 saturated heterocycles. The first-order valence-electron chi connectivity index (χ1n) is 6.49. The number of nitrogens with zero attached hydrogens (tertiary/aromatic N) is 3. The number of aliphatic hydroxyl groups excluding tert-OH is 1. The standard InChI is InChI=1S/C12H21N5O3/c1-5-6-13-10-9(17(19)20)11(15-7-14-10)16-12(3,4)8(2)18/h7-8,18H,5-6H2,1-4H3,(H2,13,14,15,16). The van der Waals surface area contributed by atoms with E-state index in [1.165, 1.54) is 6.33 Å². The van der Waals surface area contributed by atoms with Crippen LogP contribution < -0.4 is 10.6 Å². The highest BCUT2D eigenvalue weighted by Crippen LogP contribution is 2.31. The number of nitro groups is 1. The van der Waals surface area contributed by atoms with Crippen molar-refractivity contribution in [2.24, 2.45) is 0 Å². The summed E-state index contributed by atoms with van der Waals surface area (Å²) < 4.78 is 0. The molecule has 0 radical (unpaired) electrons. The maximum Gasteiger partial charge on any atom is 0.353 e. The van der Waals surface area contributed by atoms with Gasteiger partial charge >= 0.3 is 5.69 Å². The van der Waals surface area contributed by atoms with Gasteiger partial charge < -0.3 is 15.7 Å². The molecule has 0 aromatic carbocycles. The molecule has 0 spiro atoms. The quantitative estimate of drug-likeness (QED) is 0.516. The minimum Gasteiger partial charge on any atom is -0.391 e. The minimum atomic E-state index is -0.749. The predicted octanol–water partition coefficient (Wildman–Crippen LogP) is 1.78. The van der Waals surface area contributed by atoms with Gasteiger partial charge in [0.2, 0.25) is 11.6 Å². The number of aliphatic hydroxyl groups is 1. The van der Waals surface area contributed by atoms with Crippen molar-refractivity contribution in [3.8, 4) is 0 Å². The monoisotopic (exact) mass is 283 g/mol. The van der Waals surface area contributed by atoms with Crippen LogP contribution in [-0.4, -0.2) is 38.2 Å². The minimum absolute atomic E-state index is 0.0921. The average Bonchev–Trinajstić information content (AvgIpc) is 2.35. The zero-order valence-electron chi connectivity index (χ0n) is 12.2. The summed E-state index contributed by atoms with van der Waals surface area (Å²) in [4.78, 5) is 18.5. The summed E-state index contributed by atoms with van der Waals surface area (Å²) in [5, 5.41) is 26.7. The zero-order valence-corrected chi connectivity index (χ0v) is 12.2. The molecule has 0 aliphatic heterocycles. The summed E-state index contributed by atoms with van der Waals surface area (Å²) in [5.41, 5.74) is -0.962. The highest BCUT2D eigenvalue weighted by Gasteiger charge is 2.30. The van der Waals surface area contributed by atoms with E-state index in [2.05, 4.69) is 20.6 Å². The van der Waals surface area contributed by atoms with E-state index in [0.717, 1.165) is 6.42 Å². The van der Waals surface area contributed by atoms with Gasteiger partial charge in [0, 0.05) is 6.54 Å². The van der Waals surface area contributed by atoms with Crippen molar-refractivity contribution in [3.05, 3.63) is 16.4 Å². The van der Waals surface area contributed by atoms with Gasteiger partial charge in [-0.3, -0.25) is 10.1 Å². The summed E-state index contributed by atoms with van der Waals surface area (Å²) in [5.74, 6) is 0.269. The molecule has 1 aromatic heterocycles. The lowest BCUT2D eigenvalue weighted by molar-refractivity contribution is -0.383. The molecule has 0 fully saturated rings. The fourth-order valence-corrected chi connectivity index (χ4v) is 1.43. The number of hydrogen-bond acceptors (Lipinski definition) is 7. The van der Waals surface area contributed by atoms with E-state index >= 15 is 0 Å². The van der Waals surface area contributed by atoms with Crippen molar-refractivity contribution in [2.75, 3.05) is 17.2 Å². The second-order valence-corrected chi connectivity index (χ2v) is 5.13. The summed E-state index contributed by atoms with van der Waals surface area (Å²) in [6, 6.07) is 0. The van der Waals surface area contributed by atoms with Gasteiger partial charge in [-0.05, 0) is 27.2 Å². The van der Waals surface area contributed by atoms with Gasteiger partial charge in [-0.1, -0.05) is 6.92 Å². The summed E-state index contributed by atoms with van der Waals surface area (Å²) >= 11 is 0. The first-order chi connectivity index (χ1) is 9.29. The highest BCUT2D eigenvalue weighted by atomic mass is 16.6. The summed E-state index contributed by atoms with van der Waals surface area (Å²) in [6.45, 7) is 7.62. The second-order valence-electron chi connectivity index (χ2n) is 5.13. The maximum absolute atomic E-state index is 11.2. The Morgan fingerprint density at radius 2 is 2.05 bits per heavy atom. The molecule has 0 aliphatic carbocycles. The Labute approximate surface area is 117 Å². The molecule has 20 heavy (non-hydrogen) atoms. The first kappa shape index (κ1) is 16.1. The van der Waals surface area contributed by atoms with Crippen LogP contribution in [0.15, 0.2) is 6.33 Å². The van der Waals surface area contributed by atoms with E-state index in [9.17, 15) is 15.2 Å². The molecule has 0 bridgehead atoms. The second kappa shape index (κ2) is 6.47. The van der Waals surface area contributed by atoms with Crippen LogP contribution in [0.25, 0.3) is 0 Å². The lowest BCUT2D eigenvalue weighted by Crippen LogP contribution is -2.42. The molecule has 1 heterocycles. The molecular weight excluding hydrogens is 262 g/mol. The van der Waals surface area contributed by atoms with E-state index in [-0.39, 0.29) is 17.3 Å². The molecule has 8 nitrogen and oxygen atoms in total. The fourth-order valence-electron chi connectivity index (χ4n) is 1.43. The lowest BCUT2D eigenvalue weighted by Gasteiger charge is -2.29. The molecule has 1 rings (SSSR count). The first-order valence-corrected chi connectivity index (χ1v) is 6.49. The van der Waals surface area contributed by atoms with Crippen LogP contribution in [0.1, 0.15) is 34.1 Å². The van der Waals surface area contributed by atoms with E-state index in [4.69, 9.17) is 0 Å². The van der Waals surface area contributed by atoms with Crippen molar-refractivity contribution >= 4 is 17.3 Å². The molecule has 3 N–H and O–H groups in total. The lowest BCUT2D eigenvalue weighted by atomic mass is 9.99. The largest absolute Gasteiger partial charge is 0.391 e. The number of aromatic nitrogens is 2. The van der Waals surface area contributed by atoms with Crippen molar-refractivity contribution in [2.45, 2.75) is 45.8 Å². The van der Waals surface area contributed by atoms with Crippen LogP contribution in [0, 0.1) is 10.1 Å². The van der Waals surface area contributed by atoms with Crippen LogP contribution in [0.3, 0.4) is 0 Å². The molecule has 1 unspecified atom stereocenters. The third-order valence-electron chi connectivity index (χ3n) is 3.03. The van der Waals surface area contributed by atoms with Crippen molar-refractivity contribution < 1.29 is 10.0 Å².